The van der Waals surface area contributed by atoms with Crippen molar-refractivity contribution in [2.24, 2.45) is 11.8 Å². The average molecular weight is 646 g/mol. The number of nitrogens with one attached hydrogen (secondary N) is 1. The molecule has 1 atom stereocenters. The average Bonchev–Trinajstić information content (AvgIpc) is 3.78. The maximum absolute atomic E-state index is 13.3. The smallest absolute Gasteiger partial charge is 0.273 e. The molecule has 250 valence electrons. The van der Waals surface area contributed by atoms with Gasteiger partial charge in [0.15, 0.2) is 11.5 Å². The van der Waals surface area contributed by atoms with Crippen molar-refractivity contribution in [3.05, 3.63) is 107 Å². The van der Waals surface area contributed by atoms with Crippen LogP contribution in [0.15, 0.2) is 83.5 Å². The Balaban J connectivity index is 1.10. The number of hydrogen-bond acceptors (Lipinski definition) is 6. The van der Waals surface area contributed by atoms with E-state index in [2.05, 4.69) is 52.5 Å². The molecular formula is C41H47N3O4. The molecule has 1 aliphatic heterocycles. The molecule has 2 heterocycles. The highest BCUT2D eigenvalue weighted by Crippen LogP contribution is 2.31. The van der Waals surface area contributed by atoms with Crippen LogP contribution in [-0.4, -0.2) is 35.5 Å². The van der Waals surface area contributed by atoms with Gasteiger partial charge in [-0.15, -0.1) is 0 Å². The number of piperidine rings is 1. The van der Waals surface area contributed by atoms with Crippen LogP contribution in [0.25, 0.3) is 11.5 Å². The minimum atomic E-state index is -0.318. The molecule has 7 heteroatoms. The predicted molar refractivity (Wildman–Crippen MR) is 189 cm³/mol. The summed E-state index contributed by atoms with van der Waals surface area (Å²) in [5, 5.41) is 3.04. The fraction of sp³-hybridized carbons (Fsp3) is 0.415. The number of hydrogen-bond donors (Lipinski definition) is 1. The molecule has 4 aromatic rings. The lowest BCUT2D eigenvalue weighted by Gasteiger charge is -2.35. The first-order valence-corrected chi connectivity index (χ1v) is 17.7. The third-order valence-electron chi connectivity index (χ3n) is 10.2. The Morgan fingerprint density at radius 2 is 1.71 bits per heavy atom. The van der Waals surface area contributed by atoms with Crippen LogP contribution in [0.2, 0.25) is 0 Å². The number of oxazole rings is 1. The Labute approximate surface area is 284 Å². The Bertz CT molecular complexity index is 1700. The van der Waals surface area contributed by atoms with E-state index < -0.39 is 0 Å². The Morgan fingerprint density at radius 3 is 2.48 bits per heavy atom. The SMILES string of the molecule is Cc1ccccc1CC1CCN(c2ccc(C(=O)CCCCCC3CCCC3=O)cc2CNC(=O)c2coc(-c3ccccc3)n2)CC1. The van der Waals surface area contributed by atoms with Gasteiger partial charge in [-0.3, -0.25) is 14.4 Å². The topological polar surface area (TPSA) is 92.5 Å². The molecule has 7 nitrogen and oxygen atoms in total. The highest BCUT2D eigenvalue weighted by atomic mass is 16.3. The minimum absolute atomic E-state index is 0.118. The number of amides is 1. The van der Waals surface area contributed by atoms with Gasteiger partial charge in [-0.1, -0.05) is 55.3 Å². The zero-order valence-electron chi connectivity index (χ0n) is 28.1. The van der Waals surface area contributed by atoms with E-state index in [9.17, 15) is 14.4 Å². The van der Waals surface area contributed by atoms with Gasteiger partial charge in [-0.05, 0) is 105 Å². The van der Waals surface area contributed by atoms with Crippen LogP contribution in [0.4, 0.5) is 5.69 Å². The number of Topliss-reactive ketones (excluding diaryl/α,β-unsaturated/α-hetero) is 2. The number of anilines is 1. The van der Waals surface area contributed by atoms with Crippen molar-refractivity contribution >= 4 is 23.2 Å². The van der Waals surface area contributed by atoms with E-state index >= 15 is 0 Å². The zero-order chi connectivity index (χ0) is 33.3. The highest BCUT2D eigenvalue weighted by molar-refractivity contribution is 5.97. The molecule has 1 saturated carbocycles. The van der Waals surface area contributed by atoms with Crippen LogP contribution in [0.1, 0.15) is 102 Å². The summed E-state index contributed by atoms with van der Waals surface area (Å²) in [5.41, 5.74) is 6.48. The van der Waals surface area contributed by atoms with Crippen LogP contribution < -0.4 is 10.2 Å². The molecule has 2 aliphatic rings. The largest absolute Gasteiger partial charge is 0.444 e. The third-order valence-corrected chi connectivity index (χ3v) is 10.2. The number of carbonyl (C=O) groups excluding carboxylic acids is 3. The summed E-state index contributed by atoms with van der Waals surface area (Å²) in [6.07, 6.45) is 11.7. The molecule has 48 heavy (non-hydrogen) atoms. The van der Waals surface area contributed by atoms with Gasteiger partial charge >= 0.3 is 0 Å². The summed E-state index contributed by atoms with van der Waals surface area (Å²) in [6, 6.07) is 24.1. The van der Waals surface area contributed by atoms with Crippen molar-refractivity contribution < 1.29 is 18.8 Å². The molecule has 1 saturated heterocycles. The van der Waals surface area contributed by atoms with Crippen molar-refractivity contribution in [1.29, 1.82) is 0 Å². The number of nitrogens with zero attached hydrogens (tertiary/aromatic N) is 2. The number of unbranched alkanes of at least 4 members (excludes halogenated alkanes) is 2. The van der Waals surface area contributed by atoms with Gasteiger partial charge in [0.1, 0.15) is 12.0 Å². The monoisotopic (exact) mass is 645 g/mol. The molecule has 1 aromatic heterocycles. The van der Waals surface area contributed by atoms with Gasteiger partial charge in [0.25, 0.3) is 5.91 Å². The second-order valence-corrected chi connectivity index (χ2v) is 13.6. The number of benzene rings is 3. The summed E-state index contributed by atoms with van der Waals surface area (Å²) < 4.78 is 5.60. The van der Waals surface area contributed by atoms with Crippen molar-refractivity contribution in [1.82, 2.24) is 10.3 Å². The summed E-state index contributed by atoms with van der Waals surface area (Å²) in [6.45, 7) is 4.32. The second kappa shape index (κ2) is 16.1. The maximum atomic E-state index is 13.3. The van der Waals surface area contributed by atoms with E-state index in [0.717, 1.165) is 94.1 Å². The van der Waals surface area contributed by atoms with E-state index in [1.165, 1.54) is 17.4 Å². The number of carbonyl (C=O) groups is 3. The van der Waals surface area contributed by atoms with E-state index in [0.29, 0.717) is 29.6 Å². The molecule has 3 aromatic carbocycles. The quantitative estimate of drug-likeness (QED) is 0.109. The zero-order valence-corrected chi connectivity index (χ0v) is 28.1. The van der Waals surface area contributed by atoms with E-state index in [1.54, 1.807) is 0 Å². The first-order valence-electron chi connectivity index (χ1n) is 17.7. The molecule has 0 bridgehead atoms. The first kappa shape index (κ1) is 33.4. The third kappa shape index (κ3) is 8.49. The van der Waals surface area contributed by atoms with Gasteiger partial charge in [0.05, 0.1) is 0 Å². The summed E-state index contributed by atoms with van der Waals surface area (Å²) in [5.74, 6) is 1.48. The molecule has 6 rings (SSSR count). The van der Waals surface area contributed by atoms with Crippen molar-refractivity contribution in [3.8, 4) is 11.5 Å². The highest BCUT2D eigenvalue weighted by Gasteiger charge is 2.25. The van der Waals surface area contributed by atoms with Gasteiger partial charge in [-0.25, -0.2) is 4.98 Å². The van der Waals surface area contributed by atoms with E-state index in [-0.39, 0.29) is 29.8 Å². The molecule has 0 radical (unpaired) electrons. The minimum Gasteiger partial charge on any atom is -0.444 e. The summed E-state index contributed by atoms with van der Waals surface area (Å²) >= 11 is 0. The first-order chi connectivity index (χ1) is 23.4. The van der Waals surface area contributed by atoms with Gasteiger partial charge < -0.3 is 14.6 Å². The van der Waals surface area contributed by atoms with E-state index in [1.807, 2.05) is 42.5 Å². The van der Waals surface area contributed by atoms with Crippen LogP contribution in [0.5, 0.6) is 0 Å². The summed E-state index contributed by atoms with van der Waals surface area (Å²) in [4.78, 5) is 45.3. The lowest BCUT2D eigenvalue weighted by atomic mass is 9.88. The Morgan fingerprint density at radius 1 is 0.917 bits per heavy atom. The van der Waals surface area contributed by atoms with Gasteiger partial charge in [0.2, 0.25) is 5.89 Å². The summed E-state index contributed by atoms with van der Waals surface area (Å²) in [7, 11) is 0. The molecule has 0 spiro atoms. The lowest BCUT2D eigenvalue weighted by Crippen LogP contribution is -2.35. The standard InChI is InChI=1S/C41H47N3O4/c1-29-11-8-9-15-33(29)25-30-21-23-44(24-22-30)37-20-19-34(39(46)17-7-3-4-12-31-16-10-18-38(31)45)26-35(37)27-42-40(47)36-28-48-41(43-36)32-13-5-2-6-14-32/h2,5-6,8-9,11,13-15,19-20,26,28,30-31H,3-4,7,10,12,16-18,21-25,27H2,1H3,(H,42,47). The molecule has 1 aliphatic carbocycles. The lowest BCUT2D eigenvalue weighted by molar-refractivity contribution is -0.120. The number of rotatable bonds is 14. The van der Waals surface area contributed by atoms with Crippen LogP contribution in [0.3, 0.4) is 0 Å². The second-order valence-electron chi connectivity index (χ2n) is 13.6. The van der Waals surface area contributed by atoms with Crippen molar-refractivity contribution in [3.63, 3.8) is 0 Å². The van der Waals surface area contributed by atoms with Crippen molar-refractivity contribution in [2.75, 3.05) is 18.0 Å². The van der Waals surface area contributed by atoms with Crippen LogP contribution >= 0.6 is 0 Å². The molecule has 1 amide bonds. The van der Waals surface area contributed by atoms with Gasteiger partial charge in [-0.2, -0.15) is 0 Å². The molecule has 1 N–H and O–H groups in total. The maximum Gasteiger partial charge on any atom is 0.273 e. The molecule has 2 fully saturated rings. The molecular weight excluding hydrogens is 598 g/mol. The van der Waals surface area contributed by atoms with E-state index in [4.69, 9.17) is 4.42 Å². The Hall–Kier alpha value is -4.52. The number of ketones is 2. The van der Waals surface area contributed by atoms with Crippen molar-refractivity contribution in [2.45, 2.75) is 84.1 Å². The fourth-order valence-corrected chi connectivity index (χ4v) is 7.29. The molecule has 1 unspecified atom stereocenters. The fourth-order valence-electron chi connectivity index (χ4n) is 7.29. The van der Waals surface area contributed by atoms with Gasteiger partial charge in [0, 0.05) is 55.2 Å². The van der Waals surface area contributed by atoms with Crippen LogP contribution in [-0.2, 0) is 17.8 Å². The Kier molecular flexibility index (Phi) is 11.2. The number of aromatic nitrogens is 1. The predicted octanol–water partition coefficient (Wildman–Crippen LogP) is 8.54. The van der Waals surface area contributed by atoms with Crippen LogP contribution in [0, 0.1) is 18.8 Å². The normalized spacial score (nSPS) is 16.7. The number of aryl methyl sites for hydroxylation is 1.